The van der Waals surface area contributed by atoms with Gasteiger partial charge in [0.1, 0.15) is 5.75 Å². The first kappa shape index (κ1) is 11.8. The third-order valence-electron chi connectivity index (χ3n) is 1.75. The molecule has 0 bridgehead atoms. The lowest BCUT2D eigenvalue weighted by Gasteiger charge is -2.04. The summed E-state index contributed by atoms with van der Waals surface area (Å²) in [6.45, 7) is 0. The first-order chi connectivity index (χ1) is 7.00. The fourth-order valence-corrected chi connectivity index (χ4v) is 1.37. The van der Waals surface area contributed by atoms with E-state index in [2.05, 4.69) is 15.9 Å². The summed E-state index contributed by atoms with van der Waals surface area (Å²) in [5, 5.41) is 9.53. The van der Waals surface area contributed by atoms with Gasteiger partial charge in [-0.2, -0.15) is 0 Å². The molecule has 0 saturated carbocycles. The Hall–Kier alpha value is -1.29. The molecule has 0 spiro atoms. The normalized spacial score (nSPS) is 10.6. The number of hydrogen-bond donors (Lipinski definition) is 1. The molecule has 4 heteroatoms. The van der Waals surface area contributed by atoms with Crippen molar-refractivity contribution in [2.75, 3.05) is 14.1 Å². The fraction of sp³-hybridized carbons (Fsp3) is 0.182. The molecule has 0 fully saturated rings. The summed E-state index contributed by atoms with van der Waals surface area (Å²) >= 11 is 3.21. The van der Waals surface area contributed by atoms with Gasteiger partial charge in [0.15, 0.2) is 5.78 Å². The molecular formula is C11H12BrNO2. The highest BCUT2D eigenvalue weighted by molar-refractivity contribution is 9.10. The van der Waals surface area contributed by atoms with Gasteiger partial charge in [0.2, 0.25) is 0 Å². The summed E-state index contributed by atoms with van der Waals surface area (Å²) in [5.41, 5.74) is 0.302. The molecule has 1 N–H and O–H groups in total. The first-order valence-electron chi connectivity index (χ1n) is 4.38. The topological polar surface area (TPSA) is 40.5 Å². The van der Waals surface area contributed by atoms with Crippen molar-refractivity contribution in [3.05, 3.63) is 40.5 Å². The van der Waals surface area contributed by atoms with Gasteiger partial charge in [0.05, 0.1) is 5.56 Å². The fourth-order valence-electron chi connectivity index (χ4n) is 1.02. The minimum atomic E-state index is -0.214. The van der Waals surface area contributed by atoms with Crippen LogP contribution in [0.25, 0.3) is 0 Å². The van der Waals surface area contributed by atoms with Crippen LogP contribution in [0, 0.1) is 0 Å². The largest absolute Gasteiger partial charge is 0.507 e. The van der Waals surface area contributed by atoms with Crippen molar-refractivity contribution in [1.82, 2.24) is 4.90 Å². The number of rotatable bonds is 3. The van der Waals surface area contributed by atoms with Crippen molar-refractivity contribution >= 4 is 21.7 Å². The molecule has 0 aliphatic heterocycles. The monoisotopic (exact) mass is 269 g/mol. The number of carbonyl (C=O) groups excluding carboxylic acids is 1. The second-order valence-electron chi connectivity index (χ2n) is 3.31. The van der Waals surface area contributed by atoms with Crippen molar-refractivity contribution < 1.29 is 9.90 Å². The van der Waals surface area contributed by atoms with Crippen LogP contribution in [0.3, 0.4) is 0 Å². The second-order valence-corrected chi connectivity index (χ2v) is 4.22. The molecule has 0 unspecified atom stereocenters. The molecule has 15 heavy (non-hydrogen) atoms. The molecule has 0 aromatic heterocycles. The van der Waals surface area contributed by atoms with Crippen LogP contribution in [0.2, 0.25) is 0 Å². The second kappa shape index (κ2) is 4.98. The van der Waals surface area contributed by atoms with E-state index in [1.165, 1.54) is 12.1 Å². The number of phenolic OH excluding ortho intramolecular Hbond substituents is 1. The molecule has 3 nitrogen and oxygen atoms in total. The predicted molar refractivity (Wildman–Crippen MR) is 63.0 cm³/mol. The van der Waals surface area contributed by atoms with Gasteiger partial charge in [-0.25, -0.2) is 0 Å². The van der Waals surface area contributed by atoms with Gasteiger partial charge in [-0.05, 0) is 18.2 Å². The van der Waals surface area contributed by atoms with Gasteiger partial charge in [-0.15, -0.1) is 0 Å². The Labute approximate surface area is 97.1 Å². The van der Waals surface area contributed by atoms with Crippen LogP contribution >= 0.6 is 15.9 Å². The Morgan fingerprint density at radius 2 is 2.13 bits per heavy atom. The summed E-state index contributed by atoms with van der Waals surface area (Å²) in [6, 6.07) is 4.80. The lowest BCUT2D eigenvalue weighted by Crippen LogP contribution is -2.03. The van der Waals surface area contributed by atoms with E-state index in [0.717, 1.165) is 4.47 Å². The quantitative estimate of drug-likeness (QED) is 0.677. The standard InChI is InChI=1S/C11H12BrNO2/c1-13(2)6-5-10(14)9-4-3-8(12)7-11(9)15/h3-7,15H,1-2H3/b6-5+. The Morgan fingerprint density at radius 3 is 2.67 bits per heavy atom. The van der Waals surface area contributed by atoms with E-state index in [1.54, 1.807) is 23.2 Å². The van der Waals surface area contributed by atoms with Gasteiger partial charge in [-0.3, -0.25) is 4.79 Å². The van der Waals surface area contributed by atoms with Crippen molar-refractivity contribution in [2.45, 2.75) is 0 Å². The summed E-state index contributed by atoms with van der Waals surface area (Å²) in [5.74, 6) is -0.230. The SMILES string of the molecule is CN(C)/C=C/C(=O)c1ccc(Br)cc1O. The molecule has 80 valence electrons. The van der Waals surface area contributed by atoms with Crippen LogP contribution in [0.15, 0.2) is 34.9 Å². The Kier molecular flexibility index (Phi) is 3.91. The number of phenols is 1. The number of halogens is 1. The van der Waals surface area contributed by atoms with Crippen molar-refractivity contribution in [2.24, 2.45) is 0 Å². The number of benzene rings is 1. The third-order valence-corrected chi connectivity index (χ3v) is 2.24. The maximum Gasteiger partial charge on any atom is 0.190 e. The van der Waals surface area contributed by atoms with Crippen LogP contribution in [0.5, 0.6) is 5.75 Å². The summed E-state index contributed by atoms with van der Waals surface area (Å²) < 4.78 is 0.744. The highest BCUT2D eigenvalue weighted by atomic mass is 79.9. The van der Waals surface area contributed by atoms with Crippen molar-refractivity contribution in [3.63, 3.8) is 0 Å². The van der Waals surface area contributed by atoms with Gasteiger partial charge in [-0.1, -0.05) is 15.9 Å². The maximum atomic E-state index is 11.6. The van der Waals surface area contributed by atoms with E-state index in [1.807, 2.05) is 14.1 Å². The van der Waals surface area contributed by atoms with Gasteiger partial charge >= 0.3 is 0 Å². The molecule has 0 saturated heterocycles. The smallest absolute Gasteiger partial charge is 0.190 e. The Bertz CT molecular complexity index is 400. The first-order valence-corrected chi connectivity index (χ1v) is 5.17. The zero-order chi connectivity index (χ0) is 11.4. The number of carbonyl (C=O) groups is 1. The average molecular weight is 270 g/mol. The van der Waals surface area contributed by atoms with Crippen molar-refractivity contribution in [1.29, 1.82) is 0 Å². The molecular weight excluding hydrogens is 258 g/mol. The summed E-state index contributed by atoms with van der Waals surface area (Å²) in [4.78, 5) is 13.4. The van der Waals surface area contributed by atoms with E-state index in [0.29, 0.717) is 5.56 Å². The van der Waals surface area contributed by atoms with Gasteiger partial charge in [0.25, 0.3) is 0 Å². The number of allylic oxidation sites excluding steroid dienone is 1. The lowest BCUT2D eigenvalue weighted by atomic mass is 10.1. The van der Waals surface area contributed by atoms with Crippen LogP contribution in [0.1, 0.15) is 10.4 Å². The summed E-state index contributed by atoms with van der Waals surface area (Å²) in [6.07, 6.45) is 3.06. The molecule has 1 rings (SSSR count). The average Bonchev–Trinajstić information content (AvgIpc) is 2.14. The number of aromatic hydroxyl groups is 1. The molecule has 0 aliphatic carbocycles. The molecule has 1 aromatic carbocycles. The van der Waals surface area contributed by atoms with Gasteiger partial charge in [0, 0.05) is 30.8 Å². The third kappa shape index (κ3) is 3.40. The Balaban J connectivity index is 2.92. The number of nitrogens with zero attached hydrogens (tertiary/aromatic N) is 1. The highest BCUT2D eigenvalue weighted by Gasteiger charge is 2.07. The minimum Gasteiger partial charge on any atom is -0.507 e. The molecule has 1 aromatic rings. The highest BCUT2D eigenvalue weighted by Crippen LogP contribution is 2.22. The van der Waals surface area contributed by atoms with E-state index in [-0.39, 0.29) is 11.5 Å². The van der Waals surface area contributed by atoms with Crippen LogP contribution in [-0.2, 0) is 0 Å². The van der Waals surface area contributed by atoms with Gasteiger partial charge < -0.3 is 10.0 Å². The predicted octanol–water partition coefficient (Wildman–Crippen LogP) is 2.41. The van der Waals surface area contributed by atoms with E-state index in [4.69, 9.17) is 0 Å². The van der Waals surface area contributed by atoms with E-state index >= 15 is 0 Å². The molecule has 0 radical (unpaired) electrons. The van der Waals surface area contributed by atoms with E-state index < -0.39 is 0 Å². The van der Waals surface area contributed by atoms with Crippen LogP contribution in [-0.4, -0.2) is 29.9 Å². The summed E-state index contributed by atoms with van der Waals surface area (Å²) in [7, 11) is 3.65. The van der Waals surface area contributed by atoms with E-state index in [9.17, 15) is 9.90 Å². The molecule has 0 atom stereocenters. The zero-order valence-corrected chi connectivity index (χ0v) is 10.2. The maximum absolute atomic E-state index is 11.6. The minimum absolute atomic E-state index is 0.0159. The zero-order valence-electron chi connectivity index (χ0n) is 8.57. The van der Waals surface area contributed by atoms with Crippen molar-refractivity contribution in [3.8, 4) is 5.75 Å². The number of hydrogen-bond acceptors (Lipinski definition) is 3. The van der Waals surface area contributed by atoms with Crippen LogP contribution in [0.4, 0.5) is 0 Å². The van der Waals surface area contributed by atoms with Crippen LogP contribution < -0.4 is 0 Å². The molecule has 0 heterocycles. The lowest BCUT2D eigenvalue weighted by molar-refractivity contribution is 0.104. The Morgan fingerprint density at radius 1 is 1.47 bits per heavy atom. The molecule has 0 amide bonds. The number of ketones is 1. The molecule has 0 aliphatic rings.